The Balaban J connectivity index is 0.00000300. The zero-order valence-electron chi connectivity index (χ0n) is 17.0. The molecule has 0 spiro atoms. The summed E-state index contributed by atoms with van der Waals surface area (Å²) in [5, 5.41) is 1.37. The van der Waals surface area contributed by atoms with Crippen molar-refractivity contribution in [3.8, 4) is 0 Å². The first-order valence-electron chi connectivity index (χ1n) is 9.03. The Kier molecular flexibility index (Phi) is 14.0. The molecule has 2 aromatic carbocycles. The zero-order chi connectivity index (χ0) is 19.9. The van der Waals surface area contributed by atoms with Crippen LogP contribution in [-0.4, -0.2) is 17.4 Å². The molecule has 0 atom stereocenters. The third-order valence-corrected chi connectivity index (χ3v) is 4.74. The fraction of sp³-hybridized carbons (Fsp3) is 0.174. The maximum absolute atomic E-state index is 6.04. The normalized spacial score (nSPS) is 10.5. The van der Waals surface area contributed by atoms with Gasteiger partial charge in [-0.2, -0.15) is 0 Å². The summed E-state index contributed by atoms with van der Waals surface area (Å²) in [6.07, 6.45) is 5.05. The van der Waals surface area contributed by atoms with Crippen molar-refractivity contribution in [3.05, 3.63) is 87.2 Å². The smallest absolute Gasteiger partial charge is 1.00 e. The molecule has 0 aliphatic heterocycles. The van der Waals surface area contributed by atoms with E-state index in [1.165, 1.54) is 0 Å². The number of pyridine rings is 1. The van der Waals surface area contributed by atoms with Crippen molar-refractivity contribution in [2.75, 3.05) is 0 Å². The topological polar surface area (TPSA) is 37.6 Å². The van der Waals surface area contributed by atoms with E-state index in [9.17, 15) is 0 Å². The molecule has 0 fully saturated rings. The second kappa shape index (κ2) is 14.6. The van der Waals surface area contributed by atoms with Gasteiger partial charge in [-0.15, -0.1) is 0 Å². The molecule has 0 aliphatic rings. The molecule has 31 heavy (non-hydrogen) atoms. The number of aromatic nitrogens is 1. The molecule has 164 valence electrons. The molecule has 8 heteroatoms. The van der Waals surface area contributed by atoms with Crippen LogP contribution < -0.4 is 24.8 Å². The first kappa shape index (κ1) is 29.6. The Morgan fingerprint density at radius 3 is 1.58 bits per heavy atom. The van der Waals surface area contributed by atoms with Gasteiger partial charge in [0.2, 0.25) is 0 Å². The summed E-state index contributed by atoms with van der Waals surface area (Å²) in [5.74, 6) is 0. The van der Waals surface area contributed by atoms with E-state index in [0.29, 0.717) is 22.9 Å². The van der Waals surface area contributed by atoms with Crippen molar-refractivity contribution in [3.63, 3.8) is 0 Å². The summed E-state index contributed by atoms with van der Waals surface area (Å²) in [6, 6.07) is 17.4. The summed E-state index contributed by atoms with van der Waals surface area (Å²) < 4.78 is 0. The second-order valence-electron chi connectivity index (χ2n) is 6.51. The number of aryl methyl sites for hydroxylation is 2. The van der Waals surface area contributed by atoms with E-state index in [1.807, 2.05) is 80.9 Å². The molecular formula is C23H21Cl4FeN3. The van der Waals surface area contributed by atoms with Gasteiger partial charge < -0.3 is 24.8 Å². The first-order chi connectivity index (χ1) is 13.5. The van der Waals surface area contributed by atoms with Crippen molar-refractivity contribution >= 4 is 47.0 Å². The van der Waals surface area contributed by atoms with Crippen LogP contribution >= 0.6 is 23.2 Å². The number of hydrogen-bond acceptors (Lipinski definition) is 3. The fourth-order valence-electron chi connectivity index (χ4n) is 2.67. The fourth-order valence-corrected chi connectivity index (χ4v) is 3.01. The van der Waals surface area contributed by atoms with E-state index >= 15 is 0 Å². The quantitative estimate of drug-likeness (QED) is 0.341. The predicted octanol–water partition coefficient (Wildman–Crippen LogP) is 0.901. The first-order valence-corrected chi connectivity index (χ1v) is 9.79. The van der Waals surface area contributed by atoms with Crippen LogP contribution in [0.5, 0.6) is 0 Å². The molecule has 3 nitrogen and oxygen atoms in total. The average Bonchev–Trinajstić information content (AvgIpc) is 2.68. The summed E-state index contributed by atoms with van der Waals surface area (Å²) in [6.45, 7) is 4.03. The largest absolute Gasteiger partial charge is 2.00 e. The van der Waals surface area contributed by atoms with Crippen LogP contribution in [0, 0.1) is 13.8 Å². The van der Waals surface area contributed by atoms with Crippen molar-refractivity contribution < 1.29 is 41.9 Å². The molecule has 3 aromatic rings. The molecule has 1 aromatic heterocycles. The number of rotatable bonds is 6. The maximum Gasteiger partial charge on any atom is 2.00 e. The van der Waals surface area contributed by atoms with E-state index < -0.39 is 0 Å². The van der Waals surface area contributed by atoms with Gasteiger partial charge in [0.25, 0.3) is 0 Å². The Morgan fingerprint density at radius 2 is 1.16 bits per heavy atom. The SMILES string of the molecule is Cc1ccc(Cl)cc1N=CCc1cccc(CC=Nc2cc(Cl)ccc2C)n1.[Cl-].[Cl-].[Fe+2]. The van der Waals surface area contributed by atoms with Crippen molar-refractivity contribution in [1.82, 2.24) is 4.98 Å². The van der Waals surface area contributed by atoms with Crippen LogP contribution in [0.25, 0.3) is 0 Å². The van der Waals surface area contributed by atoms with Crippen molar-refractivity contribution in [2.45, 2.75) is 26.7 Å². The van der Waals surface area contributed by atoms with Gasteiger partial charge >= 0.3 is 17.1 Å². The minimum Gasteiger partial charge on any atom is -1.00 e. The monoisotopic (exact) mass is 535 g/mol. The van der Waals surface area contributed by atoms with E-state index in [0.717, 1.165) is 33.9 Å². The van der Waals surface area contributed by atoms with E-state index in [4.69, 9.17) is 23.2 Å². The molecule has 1 heterocycles. The molecule has 0 unspecified atom stereocenters. The van der Waals surface area contributed by atoms with Crippen molar-refractivity contribution in [1.29, 1.82) is 0 Å². The third-order valence-electron chi connectivity index (χ3n) is 4.27. The third kappa shape index (κ3) is 9.32. The van der Waals surface area contributed by atoms with Gasteiger partial charge in [-0.3, -0.25) is 15.0 Å². The Hall–Kier alpha value is -1.39. The van der Waals surface area contributed by atoms with Crippen LogP contribution in [0.3, 0.4) is 0 Å². The Bertz CT molecular complexity index is 960. The minimum absolute atomic E-state index is 0. The molecule has 3 rings (SSSR count). The van der Waals surface area contributed by atoms with Gasteiger partial charge in [-0.1, -0.05) is 41.4 Å². The molecule has 0 N–H and O–H groups in total. The molecule has 0 saturated heterocycles. The molecule has 0 amide bonds. The van der Waals surface area contributed by atoms with E-state index in [-0.39, 0.29) is 41.9 Å². The summed E-state index contributed by atoms with van der Waals surface area (Å²) in [7, 11) is 0. The summed E-state index contributed by atoms with van der Waals surface area (Å²) >= 11 is 12.1. The number of hydrogen-bond donors (Lipinski definition) is 0. The van der Waals surface area contributed by atoms with Gasteiger partial charge in [0.1, 0.15) is 0 Å². The van der Waals surface area contributed by atoms with Crippen LogP contribution in [0.1, 0.15) is 22.5 Å². The van der Waals surface area contributed by atoms with Crippen LogP contribution in [0.4, 0.5) is 11.4 Å². The van der Waals surface area contributed by atoms with Gasteiger partial charge in [-0.05, 0) is 61.4 Å². The molecule has 0 radical (unpaired) electrons. The van der Waals surface area contributed by atoms with E-state index in [1.54, 1.807) is 0 Å². The van der Waals surface area contributed by atoms with E-state index in [2.05, 4.69) is 15.0 Å². The van der Waals surface area contributed by atoms with Gasteiger partial charge in [0.05, 0.1) is 11.4 Å². The number of halogens is 4. The van der Waals surface area contributed by atoms with Crippen LogP contribution in [0.2, 0.25) is 10.0 Å². The number of aliphatic imine (C=N–C) groups is 2. The maximum atomic E-state index is 6.04. The Morgan fingerprint density at radius 1 is 0.742 bits per heavy atom. The minimum atomic E-state index is 0. The van der Waals surface area contributed by atoms with Gasteiger partial charge in [0, 0.05) is 46.7 Å². The summed E-state index contributed by atoms with van der Waals surface area (Å²) in [4.78, 5) is 13.7. The predicted molar refractivity (Wildman–Crippen MR) is 120 cm³/mol. The average molecular weight is 537 g/mol. The van der Waals surface area contributed by atoms with Gasteiger partial charge in [0.15, 0.2) is 0 Å². The molecular weight excluding hydrogens is 516 g/mol. The van der Waals surface area contributed by atoms with Gasteiger partial charge in [-0.25, -0.2) is 0 Å². The molecule has 0 bridgehead atoms. The summed E-state index contributed by atoms with van der Waals surface area (Å²) in [5.41, 5.74) is 5.88. The van der Waals surface area contributed by atoms with Crippen molar-refractivity contribution in [2.24, 2.45) is 9.98 Å². The second-order valence-corrected chi connectivity index (χ2v) is 7.39. The number of benzene rings is 2. The van der Waals surface area contributed by atoms with Crippen LogP contribution in [0.15, 0.2) is 64.6 Å². The number of nitrogens with zero attached hydrogens (tertiary/aromatic N) is 3. The molecule has 0 saturated carbocycles. The zero-order valence-corrected chi connectivity index (χ0v) is 21.1. The van der Waals surface area contributed by atoms with Crippen LogP contribution in [-0.2, 0) is 29.9 Å². The standard InChI is InChI=1S/C23H21Cl2N3.2ClH.Fe/c1-16-6-8-18(24)14-22(16)26-12-10-20-4-3-5-21(28-20)11-13-27-23-15-19(25)9-7-17(23)2;;;/h3-9,12-15H,10-11H2,1-2H3;2*1H;/q;;;+2/p-2. The molecule has 0 aliphatic carbocycles. The Labute approximate surface area is 216 Å².